The predicted molar refractivity (Wildman–Crippen MR) is 105 cm³/mol. The van der Waals surface area contributed by atoms with E-state index >= 15 is 0 Å². The summed E-state index contributed by atoms with van der Waals surface area (Å²) in [6.07, 6.45) is 5.71. The molecule has 24 heavy (non-hydrogen) atoms. The molecule has 2 aromatic carbocycles. The van der Waals surface area contributed by atoms with Crippen LogP contribution in [0.5, 0.6) is 5.75 Å². The van der Waals surface area contributed by atoms with Crippen molar-refractivity contribution in [3.63, 3.8) is 0 Å². The standard InChI is InChI=1S/C20H22ClNOS/c21-17-2-1-3-18(13-17)22-20(24)12-14-4-6-15(7-5-14)16-8-10-19(23)11-9-16/h1-3,8-11,13-15,23H,4-7,12H2,(H,22,24)/t14-,15+. The second-order valence-electron chi connectivity index (χ2n) is 6.57. The Morgan fingerprint density at radius 3 is 2.46 bits per heavy atom. The van der Waals surface area contributed by atoms with Crippen molar-refractivity contribution in [3.05, 3.63) is 59.1 Å². The van der Waals surface area contributed by atoms with E-state index in [-0.39, 0.29) is 0 Å². The van der Waals surface area contributed by atoms with E-state index in [2.05, 4.69) is 5.32 Å². The van der Waals surface area contributed by atoms with E-state index in [1.165, 1.54) is 31.2 Å². The molecule has 0 spiro atoms. The molecule has 0 aromatic heterocycles. The number of phenolic OH excluding ortho intramolecular Hbond substituents is 1. The number of thiocarbonyl (C=S) groups is 1. The Balaban J connectivity index is 1.48. The van der Waals surface area contributed by atoms with Gasteiger partial charge < -0.3 is 10.4 Å². The summed E-state index contributed by atoms with van der Waals surface area (Å²) in [7, 11) is 0. The van der Waals surface area contributed by atoms with Gasteiger partial charge >= 0.3 is 0 Å². The molecule has 2 N–H and O–H groups in total. The third-order valence-corrected chi connectivity index (χ3v) is 5.30. The van der Waals surface area contributed by atoms with E-state index in [0.717, 1.165) is 22.1 Å². The summed E-state index contributed by atoms with van der Waals surface area (Å²) in [4.78, 5) is 0.894. The summed E-state index contributed by atoms with van der Waals surface area (Å²) in [5, 5.41) is 13.4. The number of halogens is 1. The molecule has 0 bridgehead atoms. The van der Waals surface area contributed by atoms with Gasteiger partial charge in [0.2, 0.25) is 0 Å². The molecule has 0 aliphatic heterocycles. The van der Waals surface area contributed by atoms with Crippen LogP contribution in [0, 0.1) is 5.92 Å². The minimum Gasteiger partial charge on any atom is -0.508 e. The molecule has 1 saturated carbocycles. The van der Waals surface area contributed by atoms with Crippen molar-refractivity contribution in [2.45, 2.75) is 38.0 Å². The van der Waals surface area contributed by atoms with E-state index in [4.69, 9.17) is 23.8 Å². The third-order valence-electron chi connectivity index (χ3n) is 4.79. The zero-order valence-electron chi connectivity index (χ0n) is 13.5. The maximum Gasteiger partial charge on any atom is 0.115 e. The van der Waals surface area contributed by atoms with Crippen molar-refractivity contribution in [1.82, 2.24) is 0 Å². The highest BCUT2D eigenvalue weighted by Crippen LogP contribution is 2.37. The fraction of sp³-hybridized carbons (Fsp3) is 0.350. The zero-order chi connectivity index (χ0) is 16.9. The van der Waals surface area contributed by atoms with Gasteiger partial charge in [0, 0.05) is 17.1 Å². The van der Waals surface area contributed by atoms with E-state index in [0.29, 0.717) is 17.6 Å². The molecule has 1 fully saturated rings. The second kappa shape index (κ2) is 8.00. The first-order valence-corrected chi connectivity index (χ1v) is 9.23. The first-order valence-electron chi connectivity index (χ1n) is 8.44. The molecule has 1 aliphatic rings. The zero-order valence-corrected chi connectivity index (χ0v) is 15.1. The Morgan fingerprint density at radius 1 is 1.08 bits per heavy atom. The Labute approximate surface area is 153 Å². The Bertz CT molecular complexity index is 693. The number of aromatic hydroxyl groups is 1. The summed E-state index contributed by atoms with van der Waals surface area (Å²) in [5.74, 6) is 1.60. The maximum atomic E-state index is 9.40. The Kier molecular flexibility index (Phi) is 5.75. The van der Waals surface area contributed by atoms with Crippen LogP contribution in [-0.2, 0) is 0 Å². The van der Waals surface area contributed by atoms with Crippen LogP contribution >= 0.6 is 23.8 Å². The minimum absolute atomic E-state index is 0.338. The molecule has 0 atom stereocenters. The van der Waals surface area contributed by atoms with E-state index in [9.17, 15) is 5.11 Å². The van der Waals surface area contributed by atoms with Gasteiger partial charge in [-0.25, -0.2) is 0 Å². The Morgan fingerprint density at radius 2 is 1.79 bits per heavy atom. The second-order valence-corrected chi connectivity index (χ2v) is 7.50. The lowest BCUT2D eigenvalue weighted by molar-refractivity contribution is 0.334. The fourth-order valence-electron chi connectivity index (χ4n) is 3.49. The highest BCUT2D eigenvalue weighted by atomic mass is 35.5. The van der Waals surface area contributed by atoms with E-state index in [1.54, 1.807) is 12.1 Å². The van der Waals surface area contributed by atoms with Crippen molar-refractivity contribution in [3.8, 4) is 5.75 Å². The normalized spacial score (nSPS) is 20.5. The first-order chi connectivity index (χ1) is 11.6. The SMILES string of the molecule is Oc1ccc([C@H]2CC[C@@H](CC(=S)Nc3cccc(Cl)c3)CC2)cc1. The lowest BCUT2D eigenvalue weighted by Crippen LogP contribution is -2.19. The lowest BCUT2D eigenvalue weighted by Gasteiger charge is -2.29. The molecule has 0 radical (unpaired) electrons. The molecule has 1 aliphatic carbocycles. The average Bonchev–Trinajstić information content (AvgIpc) is 2.56. The summed E-state index contributed by atoms with van der Waals surface area (Å²) in [5.41, 5.74) is 2.30. The van der Waals surface area contributed by atoms with E-state index < -0.39 is 0 Å². The van der Waals surface area contributed by atoms with Gasteiger partial charge in [-0.05, 0) is 73.4 Å². The van der Waals surface area contributed by atoms with Crippen LogP contribution in [0.4, 0.5) is 5.69 Å². The topological polar surface area (TPSA) is 32.3 Å². The number of phenols is 1. The number of nitrogens with one attached hydrogen (secondary N) is 1. The lowest BCUT2D eigenvalue weighted by atomic mass is 9.77. The molecule has 2 nitrogen and oxygen atoms in total. The van der Waals surface area contributed by atoms with Gasteiger partial charge in [-0.15, -0.1) is 0 Å². The number of anilines is 1. The summed E-state index contributed by atoms with van der Waals surface area (Å²) >= 11 is 11.5. The highest BCUT2D eigenvalue weighted by Gasteiger charge is 2.23. The summed E-state index contributed by atoms with van der Waals surface area (Å²) in [6, 6.07) is 15.3. The molecule has 126 valence electrons. The van der Waals surface area contributed by atoms with Crippen molar-refractivity contribution < 1.29 is 5.11 Å². The molecule has 3 rings (SSSR count). The number of benzene rings is 2. The smallest absolute Gasteiger partial charge is 0.115 e. The molecule has 4 heteroatoms. The molecular weight excluding hydrogens is 338 g/mol. The quantitative estimate of drug-likeness (QED) is 0.642. The number of hydrogen-bond donors (Lipinski definition) is 2. The third kappa shape index (κ3) is 4.71. The van der Waals surface area contributed by atoms with Crippen LogP contribution in [0.2, 0.25) is 5.02 Å². The monoisotopic (exact) mass is 359 g/mol. The molecule has 0 unspecified atom stereocenters. The number of hydrogen-bond acceptors (Lipinski definition) is 2. The Hall–Kier alpha value is -1.58. The highest BCUT2D eigenvalue weighted by molar-refractivity contribution is 7.80. The van der Waals surface area contributed by atoms with Crippen LogP contribution in [0.25, 0.3) is 0 Å². The van der Waals surface area contributed by atoms with Gasteiger partial charge in [0.25, 0.3) is 0 Å². The fourth-order valence-corrected chi connectivity index (χ4v) is 4.03. The van der Waals surface area contributed by atoms with Gasteiger partial charge in [0.1, 0.15) is 5.75 Å². The molecule has 0 heterocycles. The number of rotatable bonds is 4. The van der Waals surface area contributed by atoms with Gasteiger partial charge in [-0.3, -0.25) is 0 Å². The van der Waals surface area contributed by atoms with Gasteiger partial charge in [-0.1, -0.05) is 42.0 Å². The van der Waals surface area contributed by atoms with Crippen molar-refractivity contribution >= 4 is 34.5 Å². The minimum atomic E-state index is 0.338. The average molecular weight is 360 g/mol. The van der Waals surface area contributed by atoms with Gasteiger partial charge in [-0.2, -0.15) is 0 Å². The van der Waals surface area contributed by atoms with Gasteiger partial charge in [0.05, 0.1) is 4.99 Å². The van der Waals surface area contributed by atoms with Crippen molar-refractivity contribution in [2.24, 2.45) is 5.92 Å². The van der Waals surface area contributed by atoms with Gasteiger partial charge in [0.15, 0.2) is 0 Å². The molecule has 0 saturated heterocycles. The largest absolute Gasteiger partial charge is 0.508 e. The molecular formula is C20H22ClNOS. The van der Waals surface area contributed by atoms with Crippen LogP contribution < -0.4 is 5.32 Å². The van der Waals surface area contributed by atoms with Crippen molar-refractivity contribution in [2.75, 3.05) is 5.32 Å². The van der Waals surface area contributed by atoms with Crippen LogP contribution in [0.3, 0.4) is 0 Å². The predicted octanol–water partition coefficient (Wildman–Crippen LogP) is 6.15. The maximum absolute atomic E-state index is 9.40. The van der Waals surface area contributed by atoms with Crippen LogP contribution in [-0.4, -0.2) is 10.1 Å². The van der Waals surface area contributed by atoms with Crippen molar-refractivity contribution in [1.29, 1.82) is 0 Å². The van der Waals surface area contributed by atoms with E-state index in [1.807, 2.05) is 36.4 Å². The molecule has 2 aromatic rings. The molecule has 0 amide bonds. The van der Waals surface area contributed by atoms with Crippen LogP contribution in [0.1, 0.15) is 43.6 Å². The summed E-state index contributed by atoms with van der Waals surface area (Å²) < 4.78 is 0. The summed E-state index contributed by atoms with van der Waals surface area (Å²) in [6.45, 7) is 0. The first kappa shape index (κ1) is 17.2. The van der Waals surface area contributed by atoms with Crippen LogP contribution in [0.15, 0.2) is 48.5 Å².